The van der Waals surface area contributed by atoms with Crippen molar-refractivity contribution in [2.75, 3.05) is 17.2 Å². The topological polar surface area (TPSA) is 109 Å². The molecule has 0 saturated heterocycles. The van der Waals surface area contributed by atoms with Crippen LogP contribution in [0.4, 0.5) is 11.4 Å². The number of pyridine rings is 1. The molecule has 0 fully saturated rings. The average Bonchev–Trinajstić information content (AvgIpc) is 3.02. The summed E-state index contributed by atoms with van der Waals surface area (Å²) in [7, 11) is 0. The van der Waals surface area contributed by atoms with E-state index in [-0.39, 0.29) is 11.6 Å². The summed E-state index contributed by atoms with van der Waals surface area (Å²) in [6, 6.07) is 26.7. The highest BCUT2D eigenvalue weighted by molar-refractivity contribution is 8.00. The third kappa shape index (κ3) is 9.86. The Morgan fingerprint density at radius 3 is 2.42 bits per heavy atom. The molecular formula is C34H34N4O4S. The maximum atomic E-state index is 13.3. The molecule has 0 saturated carbocycles. The van der Waals surface area contributed by atoms with Gasteiger partial charge in [0.2, 0.25) is 5.91 Å². The predicted octanol–water partition coefficient (Wildman–Crippen LogP) is 6.79. The maximum absolute atomic E-state index is 13.3. The molecule has 0 aliphatic heterocycles. The minimum absolute atomic E-state index is 0.0643. The molecule has 3 N–H and O–H groups in total. The maximum Gasteiger partial charge on any atom is 0.272 e. The van der Waals surface area contributed by atoms with Gasteiger partial charge in [-0.1, -0.05) is 43.7 Å². The Bertz CT molecular complexity index is 1540. The summed E-state index contributed by atoms with van der Waals surface area (Å²) in [5.74, 6) is -0.285. The van der Waals surface area contributed by atoms with Crippen molar-refractivity contribution in [1.82, 2.24) is 10.3 Å². The fraction of sp³-hybridized carbons (Fsp3) is 0.176. The lowest BCUT2D eigenvalue weighted by molar-refractivity contribution is -0.115. The van der Waals surface area contributed by atoms with Gasteiger partial charge in [0.25, 0.3) is 11.8 Å². The molecule has 3 amide bonds. The van der Waals surface area contributed by atoms with Gasteiger partial charge in [0.05, 0.1) is 11.9 Å². The van der Waals surface area contributed by atoms with E-state index in [0.717, 1.165) is 23.5 Å². The van der Waals surface area contributed by atoms with E-state index in [2.05, 4.69) is 27.9 Å². The molecule has 43 heavy (non-hydrogen) atoms. The Morgan fingerprint density at radius 1 is 0.907 bits per heavy atom. The van der Waals surface area contributed by atoms with Gasteiger partial charge in [-0.3, -0.25) is 19.4 Å². The van der Waals surface area contributed by atoms with Gasteiger partial charge < -0.3 is 20.7 Å². The van der Waals surface area contributed by atoms with Gasteiger partial charge in [0.1, 0.15) is 11.4 Å². The molecule has 3 aromatic carbocycles. The molecule has 8 nitrogen and oxygen atoms in total. The number of aromatic nitrogens is 1. The summed E-state index contributed by atoms with van der Waals surface area (Å²) >= 11 is 1.37. The number of rotatable bonds is 13. The van der Waals surface area contributed by atoms with Crippen molar-refractivity contribution in [3.8, 4) is 5.75 Å². The van der Waals surface area contributed by atoms with Gasteiger partial charge in [-0.15, -0.1) is 11.8 Å². The molecule has 0 aliphatic carbocycles. The van der Waals surface area contributed by atoms with E-state index >= 15 is 0 Å². The molecule has 4 rings (SSSR count). The normalized spacial score (nSPS) is 11.7. The highest BCUT2D eigenvalue weighted by Crippen LogP contribution is 2.27. The van der Waals surface area contributed by atoms with Crippen molar-refractivity contribution in [3.05, 3.63) is 120 Å². The van der Waals surface area contributed by atoms with Gasteiger partial charge in [0.15, 0.2) is 0 Å². The third-order valence-electron chi connectivity index (χ3n) is 6.19. The first-order valence-electron chi connectivity index (χ1n) is 14.0. The zero-order valence-electron chi connectivity index (χ0n) is 24.1. The van der Waals surface area contributed by atoms with E-state index in [9.17, 15) is 14.4 Å². The summed E-state index contributed by atoms with van der Waals surface area (Å²) < 4.78 is 5.68. The zero-order chi connectivity index (χ0) is 30.4. The fourth-order valence-corrected chi connectivity index (χ4v) is 4.81. The van der Waals surface area contributed by atoms with Crippen LogP contribution in [-0.4, -0.2) is 34.6 Å². The van der Waals surface area contributed by atoms with E-state index < -0.39 is 17.1 Å². The second-order valence-electron chi connectivity index (χ2n) is 9.62. The number of benzene rings is 3. The molecule has 1 aromatic heterocycles. The van der Waals surface area contributed by atoms with E-state index in [1.54, 1.807) is 73.1 Å². The number of hydrogen-bond acceptors (Lipinski definition) is 6. The van der Waals surface area contributed by atoms with Crippen LogP contribution in [0.2, 0.25) is 0 Å². The Hall–Kier alpha value is -4.89. The summed E-state index contributed by atoms with van der Waals surface area (Å²) in [5, 5.41) is 8.11. The number of carbonyl (C=O) groups is 3. The number of hydrogen-bond donors (Lipinski definition) is 3. The van der Waals surface area contributed by atoms with Crippen molar-refractivity contribution < 1.29 is 19.1 Å². The van der Waals surface area contributed by atoms with Crippen molar-refractivity contribution >= 4 is 46.9 Å². The first-order valence-corrected chi connectivity index (χ1v) is 14.9. The van der Waals surface area contributed by atoms with Crippen LogP contribution < -0.4 is 20.7 Å². The minimum Gasteiger partial charge on any atom is -0.494 e. The van der Waals surface area contributed by atoms with Crippen LogP contribution in [0.1, 0.15) is 42.6 Å². The minimum atomic E-state index is -0.497. The number of ether oxygens (including phenoxy) is 1. The summed E-state index contributed by atoms with van der Waals surface area (Å²) in [4.78, 5) is 43.9. The quantitative estimate of drug-likeness (QED) is 0.0894. The summed E-state index contributed by atoms with van der Waals surface area (Å²) in [6.07, 6.45) is 6.85. The molecule has 220 valence electrons. The second kappa shape index (κ2) is 15.9. The van der Waals surface area contributed by atoms with Crippen LogP contribution in [-0.2, 0) is 9.59 Å². The summed E-state index contributed by atoms with van der Waals surface area (Å²) in [5.41, 5.74) is 2.35. The standard InChI is InChI=1S/C34H34N4O4S/c1-3-4-20-42-29-17-15-27(16-18-29)36-32(39)24(2)43-30-14-8-13-28(22-30)37-34(41)31(21-25-10-9-19-35-23-25)38-33(40)26-11-6-5-7-12-26/h5-19,21-24H,3-4,20H2,1-2H3,(H,36,39)(H,37,41)(H,38,40)/b31-21-. The first kappa shape index (κ1) is 31.1. The SMILES string of the molecule is CCCCOc1ccc(NC(=O)C(C)Sc2cccc(NC(=O)/C(=C/c3cccnc3)NC(=O)c3ccccc3)c2)cc1. The highest BCUT2D eigenvalue weighted by atomic mass is 32.2. The Balaban J connectivity index is 1.39. The van der Waals surface area contributed by atoms with Crippen molar-refractivity contribution in [2.24, 2.45) is 0 Å². The number of anilines is 2. The zero-order valence-corrected chi connectivity index (χ0v) is 24.9. The van der Waals surface area contributed by atoms with Gasteiger partial charge in [-0.05, 0) is 85.6 Å². The van der Waals surface area contributed by atoms with E-state index in [0.29, 0.717) is 29.1 Å². The van der Waals surface area contributed by atoms with Crippen molar-refractivity contribution in [3.63, 3.8) is 0 Å². The van der Waals surface area contributed by atoms with E-state index in [1.807, 2.05) is 43.3 Å². The summed E-state index contributed by atoms with van der Waals surface area (Å²) in [6.45, 7) is 4.60. The number of nitrogens with one attached hydrogen (secondary N) is 3. The lowest BCUT2D eigenvalue weighted by atomic mass is 10.2. The Morgan fingerprint density at radius 2 is 1.70 bits per heavy atom. The lowest BCUT2D eigenvalue weighted by Crippen LogP contribution is -2.30. The number of amides is 3. The number of unbranched alkanes of at least 4 members (excludes halogenated alkanes) is 1. The van der Waals surface area contributed by atoms with Crippen molar-refractivity contribution in [1.29, 1.82) is 0 Å². The average molecular weight is 595 g/mol. The molecule has 0 aliphatic rings. The molecule has 1 heterocycles. The molecule has 0 bridgehead atoms. The molecule has 0 radical (unpaired) electrons. The molecule has 4 aromatic rings. The van der Waals surface area contributed by atoms with Crippen LogP contribution in [0.3, 0.4) is 0 Å². The molecule has 0 spiro atoms. The van der Waals surface area contributed by atoms with Gasteiger partial charge in [0, 0.05) is 34.2 Å². The van der Waals surface area contributed by atoms with E-state index in [1.165, 1.54) is 11.8 Å². The van der Waals surface area contributed by atoms with Gasteiger partial charge >= 0.3 is 0 Å². The monoisotopic (exact) mass is 594 g/mol. The second-order valence-corrected chi connectivity index (χ2v) is 11.0. The fourth-order valence-electron chi connectivity index (χ4n) is 3.89. The first-order chi connectivity index (χ1) is 20.9. The molecule has 1 unspecified atom stereocenters. The molecular weight excluding hydrogens is 560 g/mol. The lowest BCUT2D eigenvalue weighted by Gasteiger charge is -2.14. The van der Waals surface area contributed by atoms with Crippen LogP contribution in [0, 0.1) is 0 Å². The smallest absolute Gasteiger partial charge is 0.272 e. The third-order valence-corrected chi connectivity index (χ3v) is 7.28. The van der Waals surface area contributed by atoms with Crippen LogP contribution in [0.25, 0.3) is 6.08 Å². The number of thioether (sulfide) groups is 1. The number of carbonyl (C=O) groups excluding carboxylic acids is 3. The van der Waals surface area contributed by atoms with Gasteiger partial charge in [-0.25, -0.2) is 0 Å². The van der Waals surface area contributed by atoms with Crippen LogP contribution in [0.15, 0.2) is 114 Å². The number of nitrogens with zero attached hydrogens (tertiary/aromatic N) is 1. The van der Waals surface area contributed by atoms with Crippen LogP contribution >= 0.6 is 11.8 Å². The predicted molar refractivity (Wildman–Crippen MR) is 172 cm³/mol. The van der Waals surface area contributed by atoms with Crippen LogP contribution in [0.5, 0.6) is 5.75 Å². The molecule has 9 heteroatoms. The van der Waals surface area contributed by atoms with Gasteiger partial charge in [-0.2, -0.15) is 0 Å². The molecule has 1 atom stereocenters. The Labute approximate surface area is 256 Å². The highest BCUT2D eigenvalue weighted by Gasteiger charge is 2.17. The van der Waals surface area contributed by atoms with E-state index in [4.69, 9.17) is 4.74 Å². The largest absolute Gasteiger partial charge is 0.494 e. The Kier molecular flexibility index (Phi) is 11.5. The van der Waals surface area contributed by atoms with Crippen molar-refractivity contribution in [2.45, 2.75) is 36.8 Å².